The molecule has 0 amide bonds. The molecule has 2 aromatic heterocycles. The highest BCUT2D eigenvalue weighted by Crippen LogP contribution is 2.37. The van der Waals surface area contributed by atoms with E-state index in [0.717, 1.165) is 39.9 Å². The third kappa shape index (κ3) is 3.46. The molecule has 3 nitrogen and oxygen atoms in total. The Bertz CT molecular complexity index is 1150. The fraction of sp³-hybridized carbons (Fsp3) is 0. The number of rotatable bonds is 5. The van der Waals surface area contributed by atoms with Gasteiger partial charge in [-0.2, -0.15) is 0 Å². The first kappa shape index (κ1) is 17.1. The largest absolute Gasteiger partial charge is 0.461 e. The molecule has 0 atom stereocenters. The molecule has 29 heavy (non-hydrogen) atoms. The molecule has 0 fully saturated rings. The van der Waals surface area contributed by atoms with E-state index in [4.69, 9.17) is 8.83 Å². The van der Waals surface area contributed by atoms with Gasteiger partial charge in [-0.15, -0.1) is 0 Å². The monoisotopic (exact) mass is 377 g/mol. The van der Waals surface area contributed by atoms with Gasteiger partial charge in [-0.3, -0.25) is 0 Å². The fourth-order valence-corrected chi connectivity index (χ4v) is 3.44. The number of para-hydroxylation sites is 2. The van der Waals surface area contributed by atoms with E-state index >= 15 is 0 Å². The summed E-state index contributed by atoms with van der Waals surface area (Å²) in [5.41, 5.74) is 4.28. The van der Waals surface area contributed by atoms with Crippen molar-refractivity contribution in [2.45, 2.75) is 0 Å². The maximum absolute atomic E-state index is 6.05. The van der Waals surface area contributed by atoms with Gasteiger partial charge in [-0.05, 0) is 60.7 Å². The number of nitrogens with zero attached hydrogens (tertiary/aromatic N) is 1. The van der Waals surface area contributed by atoms with Gasteiger partial charge in [0, 0.05) is 22.6 Å². The Hall–Kier alpha value is -3.98. The Labute approximate surface area is 169 Å². The predicted octanol–water partition coefficient (Wildman–Crippen LogP) is 7.68. The minimum Gasteiger partial charge on any atom is -0.461 e. The molecule has 3 heteroatoms. The van der Waals surface area contributed by atoms with Crippen LogP contribution in [0.4, 0.5) is 17.1 Å². The second kappa shape index (κ2) is 7.56. The molecule has 0 aliphatic rings. The summed E-state index contributed by atoms with van der Waals surface area (Å²) >= 11 is 0. The first-order valence-corrected chi connectivity index (χ1v) is 9.53. The van der Waals surface area contributed by atoms with Crippen LogP contribution in [0.5, 0.6) is 0 Å². The van der Waals surface area contributed by atoms with E-state index in [1.165, 1.54) is 0 Å². The standard InChI is InChI=1S/C26H19NO2/c1-3-10-21(11-4-1)27(22-12-5-2-6-13-22)23-14-7-9-20(19-23)24-16-17-26(29-24)25-15-8-18-28-25/h1-19H. The zero-order valence-corrected chi connectivity index (χ0v) is 15.7. The fourth-order valence-electron chi connectivity index (χ4n) is 3.44. The van der Waals surface area contributed by atoms with Gasteiger partial charge in [0.15, 0.2) is 11.5 Å². The Kier molecular flexibility index (Phi) is 4.47. The van der Waals surface area contributed by atoms with Crippen LogP contribution in [0, 0.1) is 0 Å². The van der Waals surface area contributed by atoms with E-state index in [2.05, 4.69) is 77.7 Å². The summed E-state index contributed by atoms with van der Waals surface area (Å²) in [6.07, 6.45) is 1.65. The summed E-state index contributed by atoms with van der Waals surface area (Å²) in [7, 11) is 0. The highest BCUT2D eigenvalue weighted by Gasteiger charge is 2.14. The van der Waals surface area contributed by atoms with Gasteiger partial charge in [0.05, 0.1) is 6.26 Å². The Balaban J connectivity index is 1.57. The summed E-state index contributed by atoms with van der Waals surface area (Å²) in [5, 5.41) is 0. The van der Waals surface area contributed by atoms with Crippen LogP contribution in [0.1, 0.15) is 0 Å². The van der Waals surface area contributed by atoms with Crippen molar-refractivity contribution in [3.63, 3.8) is 0 Å². The van der Waals surface area contributed by atoms with Gasteiger partial charge < -0.3 is 13.7 Å². The van der Waals surface area contributed by atoms with Crippen LogP contribution in [0.25, 0.3) is 22.8 Å². The second-order valence-electron chi connectivity index (χ2n) is 6.70. The van der Waals surface area contributed by atoms with Crippen LogP contribution in [0.2, 0.25) is 0 Å². The van der Waals surface area contributed by atoms with E-state index in [1.807, 2.05) is 36.4 Å². The summed E-state index contributed by atoms with van der Waals surface area (Å²) in [5.74, 6) is 2.25. The molecule has 140 valence electrons. The highest BCUT2D eigenvalue weighted by atomic mass is 16.4. The van der Waals surface area contributed by atoms with Crippen molar-refractivity contribution in [2.24, 2.45) is 0 Å². The van der Waals surface area contributed by atoms with Crippen LogP contribution in [0.3, 0.4) is 0 Å². The topological polar surface area (TPSA) is 29.5 Å². The van der Waals surface area contributed by atoms with E-state index in [0.29, 0.717) is 0 Å². The Morgan fingerprint density at radius 3 is 1.79 bits per heavy atom. The van der Waals surface area contributed by atoms with E-state index in [1.54, 1.807) is 6.26 Å². The number of hydrogen-bond acceptors (Lipinski definition) is 3. The van der Waals surface area contributed by atoms with Crippen LogP contribution in [0.15, 0.2) is 124 Å². The molecule has 0 saturated carbocycles. The maximum atomic E-state index is 6.05. The van der Waals surface area contributed by atoms with Crippen molar-refractivity contribution in [2.75, 3.05) is 4.90 Å². The van der Waals surface area contributed by atoms with E-state index in [9.17, 15) is 0 Å². The smallest absolute Gasteiger partial charge is 0.170 e. The van der Waals surface area contributed by atoms with Crippen molar-refractivity contribution in [3.8, 4) is 22.8 Å². The molecule has 0 N–H and O–H groups in total. The molecule has 5 aromatic rings. The zero-order valence-electron chi connectivity index (χ0n) is 15.7. The van der Waals surface area contributed by atoms with Crippen LogP contribution in [-0.2, 0) is 0 Å². The predicted molar refractivity (Wildman–Crippen MR) is 117 cm³/mol. The molecular formula is C26H19NO2. The zero-order chi connectivity index (χ0) is 19.5. The van der Waals surface area contributed by atoms with Gasteiger partial charge in [0.25, 0.3) is 0 Å². The van der Waals surface area contributed by atoms with Crippen LogP contribution < -0.4 is 4.90 Å². The lowest BCUT2D eigenvalue weighted by Crippen LogP contribution is -2.09. The van der Waals surface area contributed by atoms with Gasteiger partial charge >= 0.3 is 0 Å². The summed E-state index contributed by atoms with van der Waals surface area (Å²) < 4.78 is 11.5. The number of hydrogen-bond donors (Lipinski definition) is 0. The third-order valence-corrected chi connectivity index (χ3v) is 4.79. The Morgan fingerprint density at radius 2 is 1.14 bits per heavy atom. The molecule has 0 bridgehead atoms. The molecule has 0 spiro atoms. The average Bonchev–Trinajstić information content (AvgIpc) is 3.48. The molecule has 5 rings (SSSR count). The lowest BCUT2D eigenvalue weighted by molar-refractivity contribution is 0.531. The molecule has 0 unspecified atom stereocenters. The SMILES string of the molecule is c1ccc(N(c2ccccc2)c2cccc(-c3ccc(-c4ccco4)o3)c2)cc1. The molecule has 3 aromatic carbocycles. The third-order valence-electron chi connectivity index (χ3n) is 4.79. The van der Waals surface area contributed by atoms with Crippen molar-refractivity contribution in [3.05, 3.63) is 115 Å². The first-order chi connectivity index (χ1) is 14.4. The van der Waals surface area contributed by atoms with E-state index < -0.39 is 0 Å². The lowest BCUT2D eigenvalue weighted by Gasteiger charge is -2.25. The number of anilines is 3. The number of furan rings is 2. The first-order valence-electron chi connectivity index (χ1n) is 9.53. The molecule has 0 radical (unpaired) electrons. The van der Waals surface area contributed by atoms with Gasteiger partial charge in [-0.25, -0.2) is 0 Å². The minimum absolute atomic E-state index is 0.721. The quantitative estimate of drug-likeness (QED) is 0.314. The molecule has 0 saturated heterocycles. The average molecular weight is 377 g/mol. The summed E-state index contributed by atoms with van der Waals surface area (Å²) in [4.78, 5) is 2.24. The normalized spacial score (nSPS) is 10.8. The van der Waals surface area contributed by atoms with Crippen LogP contribution in [-0.4, -0.2) is 0 Å². The Morgan fingerprint density at radius 1 is 0.483 bits per heavy atom. The summed E-state index contributed by atoms with van der Waals surface area (Å²) in [6.45, 7) is 0. The van der Waals surface area contributed by atoms with E-state index in [-0.39, 0.29) is 0 Å². The van der Waals surface area contributed by atoms with Crippen molar-refractivity contribution in [1.82, 2.24) is 0 Å². The van der Waals surface area contributed by atoms with Gasteiger partial charge in [0.1, 0.15) is 5.76 Å². The number of benzene rings is 3. The molecular weight excluding hydrogens is 358 g/mol. The molecule has 0 aliphatic heterocycles. The second-order valence-corrected chi connectivity index (χ2v) is 6.70. The lowest BCUT2D eigenvalue weighted by atomic mass is 10.1. The maximum Gasteiger partial charge on any atom is 0.170 e. The van der Waals surface area contributed by atoms with Crippen molar-refractivity contribution >= 4 is 17.1 Å². The van der Waals surface area contributed by atoms with Crippen molar-refractivity contribution in [1.29, 1.82) is 0 Å². The van der Waals surface area contributed by atoms with Crippen LogP contribution >= 0.6 is 0 Å². The minimum atomic E-state index is 0.721. The molecule has 2 heterocycles. The van der Waals surface area contributed by atoms with Gasteiger partial charge in [0.2, 0.25) is 0 Å². The van der Waals surface area contributed by atoms with Gasteiger partial charge in [-0.1, -0.05) is 48.5 Å². The summed E-state index contributed by atoms with van der Waals surface area (Å²) in [6, 6.07) is 36.8. The van der Waals surface area contributed by atoms with Crippen molar-refractivity contribution < 1.29 is 8.83 Å². The highest BCUT2D eigenvalue weighted by molar-refractivity contribution is 5.79. The molecule has 0 aliphatic carbocycles.